The van der Waals surface area contributed by atoms with Gasteiger partial charge in [0, 0.05) is 31.5 Å². The van der Waals surface area contributed by atoms with Gasteiger partial charge in [-0.15, -0.1) is 0 Å². The molecule has 9 nitrogen and oxygen atoms in total. The number of carbonyl (C=O) groups excluding carboxylic acids is 4. The molecule has 1 aromatic carbocycles. The van der Waals surface area contributed by atoms with Crippen molar-refractivity contribution in [3.63, 3.8) is 0 Å². The number of benzene rings is 1. The molecular formula is C19H22N2O7. The summed E-state index contributed by atoms with van der Waals surface area (Å²) in [7, 11) is 0. The van der Waals surface area contributed by atoms with Gasteiger partial charge in [0.1, 0.15) is 0 Å². The van der Waals surface area contributed by atoms with Gasteiger partial charge in [-0.3, -0.25) is 19.3 Å². The Morgan fingerprint density at radius 3 is 2.64 bits per heavy atom. The van der Waals surface area contributed by atoms with Crippen LogP contribution in [0.25, 0.3) is 0 Å². The number of ether oxygens (including phenoxy) is 3. The molecule has 1 N–H and O–H groups in total. The van der Waals surface area contributed by atoms with E-state index in [1.54, 1.807) is 18.2 Å². The van der Waals surface area contributed by atoms with Gasteiger partial charge < -0.3 is 19.5 Å². The average molecular weight is 390 g/mol. The summed E-state index contributed by atoms with van der Waals surface area (Å²) in [6, 6.07) is 4.40. The molecule has 0 spiro atoms. The lowest BCUT2D eigenvalue weighted by Gasteiger charge is -2.18. The van der Waals surface area contributed by atoms with Gasteiger partial charge in [-0.1, -0.05) is 0 Å². The summed E-state index contributed by atoms with van der Waals surface area (Å²) < 4.78 is 16.1. The predicted molar refractivity (Wildman–Crippen MR) is 96.3 cm³/mol. The number of esters is 1. The van der Waals surface area contributed by atoms with Crippen LogP contribution in [0, 0.1) is 0 Å². The largest absolute Gasteiger partial charge is 0.490 e. The van der Waals surface area contributed by atoms with E-state index in [1.807, 2.05) is 0 Å². The number of carbonyl (C=O) groups is 4. The van der Waals surface area contributed by atoms with Gasteiger partial charge in [0.05, 0.1) is 19.6 Å². The van der Waals surface area contributed by atoms with Crippen LogP contribution in [0.3, 0.4) is 0 Å². The van der Waals surface area contributed by atoms with Gasteiger partial charge in [-0.05, 0) is 25.1 Å². The van der Waals surface area contributed by atoms with E-state index in [4.69, 9.17) is 14.2 Å². The van der Waals surface area contributed by atoms with Gasteiger partial charge >= 0.3 is 12.0 Å². The topological polar surface area (TPSA) is 111 Å². The number of ketones is 1. The van der Waals surface area contributed by atoms with E-state index in [0.29, 0.717) is 36.8 Å². The van der Waals surface area contributed by atoms with Gasteiger partial charge in [-0.2, -0.15) is 0 Å². The molecule has 28 heavy (non-hydrogen) atoms. The molecule has 0 aromatic heterocycles. The highest BCUT2D eigenvalue weighted by atomic mass is 16.5. The highest BCUT2D eigenvalue weighted by Gasteiger charge is 2.31. The van der Waals surface area contributed by atoms with E-state index in [0.717, 1.165) is 11.3 Å². The molecule has 1 saturated heterocycles. The zero-order valence-corrected chi connectivity index (χ0v) is 15.6. The van der Waals surface area contributed by atoms with Crippen molar-refractivity contribution in [3.05, 3.63) is 23.8 Å². The van der Waals surface area contributed by atoms with Crippen molar-refractivity contribution in [3.8, 4) is 11.5 Å². The van der Waals surface area contributed by atoms with Gasteiger partial charge in [-0.25, -0.2) is 4.79 Å². The molecule has 0 radical (unpaired) electrons. The fraction of sp³-hybridized carbons (Fsp3) is 0.474. The molecule has 2 aliphatic heterocycles. The Morgan fingerprint density at radius 2 is 1.93 bits per heavy atom. The molecule has 1 aromatic rings. The average Bonchev–Trinajstić information content (AvgIpc) is 2.97. The standard InChI is InChI=1S/C19H22N2O7/c1-12(18(24)21-8-7-20-19(21)25)28-17(23)6-4-14(22)13-3-5-15-16(11-13)27-10-2-9-26-15/h3,5,11-12H,2,4,6-10H2,1H3,(H,20,25)/t12-/m0/s1. The molecule has 2 heterocycles. The number of Topliss-reactive ketones (excluding diaryl/α,β-unsaturated/α-hetero) is 1. The zero-order chi connectivity index (χ0) is 20.1. The number of nitrogens with zero attached hydrogens (tertiary/aromatic N) is 1. The van der Waals surface area contributed by atoms with E-state index < -0.39 is 24.0 Å². The van der Waals surface area contributed by atoms with Gasteiger partial charge in [0.25, 0.3) is 5.91 Å². The van der Waals surface area contributed by atoms with Crippen molar-refractivity contribution < 1.29 is 33.4 Å². The highest BCUT2D eigenvalue weighted by Crippen LogP contribution is 2.30. The predicted octanol–water partition coefficient (Wildman–Crippen LogP) is 1.29. The van der Waals surface area contributed by atoms with Crippen molar-refractivity contribution in [2.75, 3.05) is 26.3 Å². The molecule has 0 unspecified atom stereocenters. The van der Waals surface area contributed by atoms with E-state index in [9.17, 15) is 19.2 Å². The second kappa shape index (κ2) is 8.73. The highest BCUT2D eigenvalue weighted by molar-refractivity contribution is 5.99. The van der Waals surface area contributed by atoms with Crippen molar-refractivity contribution in [2.24, 2.45) is 0 Å². The summed E-state index contributed by atoms with van der Waals surface area (Å²) in [5.74, 6) is -0.410. The Morgan fingerprint density at radius 1 is 1.18 bits per heavy atom. The maximum atomic E-state index is 12.4. The molecular weight excluding hydrogens is 368 g/mol. The number of nitrogens with one attached hydrogen (secondary N) is 1. The molecule has 1 fully saturated rings. The second-order valence-electron chi connectivity index (χ2n) is 6.49. The first-order valence-electron chi connectivity index (χ1n) is 9.17. The molecule has 2 aliphatic rings. The summed E-state index contributed by atoms with van der Waals surface area (Å²) >= 11 is 0. The molecule has 3 rings (SSSR count). The number of rotatable bonds is 6. The molecule has 0 bridgehead atoms. The van der Waals surface area contributed by atoms with Gasteiger partial charge in [0.15, 0.2) is 23.4 Å². The molecule has 1 atom stereocenters. The van der Waals surface area contributed by atoms with Crippen LogP contribution in [0.1, 0.15) is 36.5 Å². The van der Waals surface area contributed by atoms with Crippen molar-refractivity contribution in [1.82, 2.24) is 10.2 Å². The monoisotopic (exact) mass is 390 g/mol. The van der Waals surface area contributed by atoms with E-state index in [1.165, 1.54) is 6.92 Å². The first-order valence-corrected chi connectivity index (χ1v) is 9.17. The van der Waals surface area contributed by atoms with Crippen LogP contribution in [0.15, 0.2) is 18.2 Å². The summed E-state index contributed by atoms with van der Waals surface area (Å²) in [5.41, 5.74) is 0.412. The number of fused-ring (bicyclic) bond motifs is 1. The third kappa shape index (κ3) is 4.59. The van der Waals surface area contributed by atoms with Crippen LogP contribution in [0.4, 0.5) is 4.79 Å². The Balaban J connectivity index is 1.50. The lowest BCUT2D eigenvalue weighted by molar-refractivity contribution is -0.157. The SMILES string of the molecule is C[C@H](OC(=O)CCC(=O)c1ccc2c(c1)OCCCO2)C(=O)N1CCNC1=O. The number of hydrogen-bond donors (Lipinski definition) is 1. The molecule has 9 heteroatoms. The summed E-state index contributed by atoms with van der Waals surface area (Å²) in [6.45, 7) is 3.08. The number of hydrogen-bond acceptors (Lipinski definition) is 7. The quantitative estimate of drug-likeness (QED) is 0.575. The smallest absolute Gasteiger partial charge is 0.324 e. The molecule has 0 saturated carbocycles. The third-order valence-corrected chi connectivity index (χ3v) is 4.40. The normalized spacial score (nSPS) is 16.8. The zero-order valence-electron chi connectivity index (χ0n) is 15.6. The maximum Gasteiger partial charge on any atom is 0.324 e. The number of imide groups is 1. The van der Waals surface area contributed by atoms with Crippen molar-refractivity contribution in [1.29, 1.82) is 0 Å². The molecule has 0 aliphatic carbocycles. The van der Waals surface area contributed by atoms with Crippen LogP contribution < -0.4 is 14.8 Å². The summed E-state index contributed by atoms with van der Waals surface area (Å²) in [6.07, 6.45) is -0.565. The first-order chi connectivity index (χ1) is 13.5. The minimum absolute atomic E-state index is 0.0659. The van der Waals surface area contributed by atoms with E-state index in [-0.39, 0.29) is 25.2 Å². The van der Waals surface area contributed by atoms with Crippen LogP contribution >= 0.6 is 0 Å². The second-order valence-corrected chi connectivity index (χ2v) is 6.49. The van der Waals surface area contributed by atoms with Crippen molar-refractivity contribution >= 4 is 23.7 Å². The molecule has 150 valence electrons. The van der Waals surface area contributed by atoms with Crippen LogP contribution in [-0.2, 0) is 14.3 Å². The summed E-state index contributed by atoms with van der Waals surface area (Å²) in [4.78, 5) is 48.9. The van der Waals surface area contributed by atoms with E-state index >= 15 is 0 Å². The Hall–Kier alpha value is -3.10. The lowest BCUT2D eigenvalue weighted by Crippen LogP contribution is -2.41. The number of urea groups is 1. The van der Waals surface area contributed by atoms with Crippen LogP contribution in [0.5, 0.6) is 11.5 Å². The lowest BCUT2D eigenvalue weighted by atomic mass is 10.1. The molecule has 3 amide bonds. The third-order valence-electron chi connectivity index (χ3n) is 4.40. The van der Waals surface area contributed by atoms with Crippen LogP contribution in [0.2, 0.25) is 0 Å². The fourth-order valence-corrected chi connectivity index (χ4v) is 2.90. The first kappa shape index (κ1) is 19.7. The van der Waals surface area contributed by atoms with Crippen molar-refractivity contribution in [2.45, 2.75) is 32.3 Å². The Labute approximate surface area is 161 Å². The van der Waals surface area contributed by atoms with Crippen LogP contribution in [-0.4, -0.2) is 61.0 Å². The minimum atomic E-state index is -1.09. The van der Waals surface area contributed by atoms with Gasteiger partial charge in [0.2, 0.25) is 0 Å². The Bertz CT molecular complexity index is 792. The summed E-state index contributed by atoms with van der Waals surface area (Å²) in [5, 5.41) is 2.50. The minimum Gasteiger partial charge on any atom is -0.490 e. The number of amides is 3. The maximum absolute atomic E-state index is 12.4. The van der Waals surface area contributed by atoms with E-state index in [2.05, 4.69) is 5.32 Å². The Kier molecular flexibility index (Phi) is 6.13. The fourth-order valence-electron chi connectivity index (χ4n) is 2.90.